The molecule has 0 spiro atoms. The summed E-state index contributed by atoms with van der Waals surface area (Å²) in [6, 6.07) is 18.8. The normalized spacial score (nSPS) is 11.4. The lowest BCUT2D eigenvalue weighted by Gasteiger charge is -2.13. The first kappa shape index (κ1) is 24.5. The van der Waals surface area contributed by atoms with Gasteiger partial charge < -0.3 is 20.1 Å². The van der Waals surface area contributed by atoms with E-state index in [1.807, 2.05) is 0 Å². The predicted molar refractivity (Wildman–Crippen MR) is 128 cm³/mol. The van der Waals surface area contributed by atoms with Gasteiger partial charge >= 0.3 is 0 Å². The van der Waals surface area contributed by atoms with Crippen molar-refractivity contribution in [1.29, 1.82) is 0 Å². The van der Waals surface area contributed by atoms with Crippen LogP contribution in [0.25, 0.3) is 6.08 Å². The molecule has 34 heavy (non-hydrogen) atoms. The van der Waals surface area contributed by atoms with E-state index in [2.05, 4.69) is 10.6 Å². The monoisotopic (exact) mass is 481 g/mol. The lowest BCUT2D eigenvalue weighted by molar-refractivity contribution is -0.113. The molecule has 3 aromatic carbocycles. The molecular formula is C24H23N3O6S. The lowest BCUT2D eigenvalue weighted by Crippen LogP contribution is -2.30. The number of nitrogens with two attached hydrogens (primary N) is 1. The number of methoxy groups -OCH3 is 2. The Morgan fingerprint density at radius 3 is 2.12 bits per heavy atom. The molecule has 0 saturated heterocycles. The van der Waals surface area contributed by atoms with Gasteiger partial charge in [-0.1, -0.05) is 24.3 Å². The molecule has 3 rings (SSSR count). The maximum Gasteiger partial charge on any atom is 0.272 e. The Hall–Kier alpha value is -4.15. The summed E-state index contributed by atoms with van der Waals surface area (Å²) in [6.07, 6.45) is 1.48. The van der Waals surface area contributed by atoms with Gasteiger partial charge in [0.05, 0.1) is 19.1 Å². The number of primary sulfonamides is 1. The fraction of sp³-hybridized carbons (Fsp3) is 0.0833. The van der Waals surface area contributed by atoms with Gasteiger partial charge in [0, 0.05) is 11.3 Å². The minimum Gasteiger partial charge on any atom is -0.493 e. The maximum atomic E-state index is 13.1. The largest absolute Gasteiger partial charge is 0.493 e. The van der Waals surface area contributed by atoms with E-state index in [1.165, 1.54) is 44.6 Å². The second-order valence-electron chi connectivity index (χ2n) is 7.02. The number of nitrogens with one attached hydrogen (secondary N) is 2. The number of rotatable bonds is 8. The SMILES string of the molecule is COc1ccc(/C=C(/NC(=O)c2ccccc2)C(=O)Nc2ccc(S(N)(=O)=O)cc2)cc1OC. The molecule has 4 N–H and O–H groups in total. The number of hydrogen-bond donors (Lipinski definition) is 3. The Kier molecular flexibility index (Phi) is 7.67. The van der Waals surface area contributed by atoms with Gasteiger partial charge in [-0.05, 0) is 60.2 Å². The van der Waals surface area contributed by atoms with Crippen molar-refractivity contribution < 1.29 is 27.5 Å². The van der Waals surface area contributed by atoms with Gasteiger partial charge in [0.25, 0.3) is 11.8 Å². The maximum absolute atomic E-state index is 13.1. The van der Waals surface area contributed by atoms with Crippen LogP contribution in [0.3, 0.4) is 0 Å². The highest BCUT2D eigenvalue weighted by Gasteiger charge is 2.16. The number of amides is 2. The van der Waals surface area contributed by atoms with E-state index in [0.29, 0.717) is 28.3 Å². The highest BCUT2D eigenvalue weighted by Crippen LogP contribution is 2.28. The molecule has 176 valence electrons. The van der Waals surface area contributed by atoms with E-state index in [-0.39, 0.29) is 10.6 Å². The molecule has 3 aromatic rings. The molecule has 0 aliphatic rings. The third-order valence-electron chi connectivity index (χ3n) is 4.69. The van der Waals surface area contributed by atoms with Gasteiger partial charge in [-0.15, -0.1) is 0 Å². The van der Waals surface area contributed by atoms with Gasteiger partial charge in [0.2, 0.25) is 10.0 Å². The number of sulfonamides is 1. The molecular weight excluding hydrogens is 458 g/mol. The molecule has 0 radical (unpaired) electrons. The third kappa shape index (κ3) is 6.21. The Labute approximate surface area is 197 Å². The van der Waals surface area contributed by atoms with E-state index in [9.17, 15) is 18.0 Å². The van der Waals surface area contributed by atoms with Crippen LogP contribution in [0.1, 0.15) is 15.9 Å². The summed E-state index contributed by atoms with van der Waals surface area (Å²) in [5.41, 5.74) is 1.20. The highest BCUT2D eigenvalue weighted by molar-refractivity contribution is 7.89. The van der Waals surface area contributed by atoms with E-state index >= 15 is 0 Å². The summed E-state index contributed by atoms with van der Waals surface area (Å²) >= 11 is 0. The molecule has 0 aliphatic carbocycles. The molecule has 0 bridgehead atoms. The lowest BCUT2D eigenvalue weighted by atomic mass is 10.1. The van der Waals surface area contributed by atoms with Crippen LogP contribution < -0.4 is 25.2 Å². The summed E-state index contributed by atoms with van der Waals surface area (Å²) in [5.74, 6) is -0.146. The Balaban J connectivity index is 1.93. The van der Waals surface area contributed by atoms with Crippen LogP contribution in [0.5, 0.6) is 11.5 Å². The molecule has 0 aromatic heterocycles. The average molecular weight is 482 g/mol. The Morgan fingerprint density at radius 2 is 1.53 bits per heavy atom. The molecule has 0 fully saturated rings. The smallest absolute Gasteiger partial charge is 0.272 e. The third-order valence-corrected chi connectivity index (χ3v) is 5.62. The number of carbonyl (C=O) groups is 2. The van der Waals surface area contributed by atoms with Gasteiger partial charge in [-0.2, -0.15) is 0 Å². The second-order valence-corrected chi connectivity index (χ2v) is 8.58. The van der Waals surface area contributed by atoms with Gasteiger partial charge in [-0.25, -0.2) is 13.6 Å². The highest BCUT2D eigenvalue weighted by atomic mass is 32.2. The topological polar surface area (TPSA) is 137 Å². The zero-order chi connectivity index (χ0) is 24.7. The van der Waals surface area contributed by atoms with E-state index in [0.717, 1.165) is 0 Å². The van der Waals surface area contributed by atoms with Crippen molar-refractivity contribution in [2.24, 2.45) is 5.14 Å². The second kappa shape index (κ2) is 10.6. The molecule has 9 nitrogen and oxygen atoms in total. The number of ether oxygens (including phenoxy) is 2. The molecule has 0 unspecified atom stereocenters. The summed E-state index contributed by atoms with van der Waals surface area (Å²) in [4.78, 5) is 25.7. The van der Waals surface area contributed by atoms with Gasteiger partial charge in [0.15, 0.2) is 11.5 Å². The zero-order valence-electron chi connectivity index (χ0n) is 18.4. The van der Waals surface area contributed by atoms with Crippen molar-refractivity contribution in [1.82, 2.24) is 5.32 Å². The van der Waals surface area contributed by atoms with Crippen LogP contribution in [0.2, 0.25) is 0 Å². The Bertz CT molecular complexity index is 1320. The molecule has 0 heterocycles. The number of carbonyl (C=O) groups excluding carboxylic acids is 2. The van der Waals surface area contributed by atoms with Crippen LogP contribution in [-0.2, 0) is 14.8 Å². The summed E-state index contributed by atoms with van der Waals surface area (Å²) < 4.78 is 33.4. The summed E-state index contributed by atoms with van der Waals surface area (Å²) in [5, 5.41) is 10.4. The minimum absolute atomic E-state index is 0.0448. The zero-order valence-corrected chi connectivity index (χ0v) is 19.3. The van der Waals surface area contributed by atoms with Crippen molar-refractivity contribution in [3.05, 3.63) is 89.6 Å². The molecule has 0 atom stereocenters. The van der Waals surface area contributed by atoms with Crippen LogP contribution in [0, 0.1) is 0 Å². The number of anilines is 1. The fourth-order valence-corrected chi connectivity index (χ4v) is 3.49. The summed E-state index contributed by atoms with van der Waals surface area (Å²) in [6.45, 7) is 0. The average Bonchev–Trinajstić information content (AvgIpc) is 2.83. The van der Waals surface area contributed by atoms with E-state index in [4.69, 9.17) is 14.6 Å². The number of benzene rings is 3. The molecule has 0 aliphatic heterocycles. The quantitative estimate of drug-likeness (QED) is 0.423. The molecule has 10 heteroatoms. The van der Waals surface area contributed by atoms with E-state index in [1.54, 1.807) is 48.5 Å². The molecule has 2 amide bonds. The van der Waals surface area contributed by atoms with E-state index < -0.39 is 21.8 Å². The Morgan fingerprint density at radius 1 is 0.882 bits per heavy atom. The summed E-state index contributed by atoms with van der Waals surface area (Å²) in [7, 11) is -0.872. The van der Waals surface area contributed by atoms with Gasteiger partial charge in [0.1, 0.15) is 5.70 Å². The van der Waals surface area contributed by atoms with Crippen molar-refractivity contribution in [3.63, 3.8) is 0 Å². The van der Waals surface area contributed by atoms with Gasteiger partial charge in [-0.3, -0.25) is 9.59 Å². The standard InChI is InChI=1S/C24H23N3O6S/c1-32-21-13-8-16(15-22(21)33-2)14-20(27-23(28)17-6-4-3-5-7-17)24(29)26-18-9-11-19(12-10-18)34(25,30)31/h3-15H,1-2H3,(H,26,29)(H,27,28)(H2,25,30,31)/b20-14+. The van der Waals surface area contributed by atoms with Crippen LogP contribution in [0.4, 0.5) is 5.69 Å². The van der Waals surface area contributed by atoms with Crippen molar-refractivity contribution >= 4 is 33.6 Å². The van der Waals surface area contributed by atoms with Crippen molar-refractivity contribution in [2.45, 2.75) is 4.90 Å². The van der Waals surface area contributed by atoms with Crippen LogP contribution in [0.15, 0.2) is 83.4 Å². The van der Waals surface area contributed by atoms with Crippen LogP contribution >= 0.6 is 0 Å². The minimum atomic E-state index is -3.87. The van der Waals surface area contributed by atoms with Crippen LogP contribution in [-0.4, -0.2) is 34.5 Å². The molecule has 0 saturated carbocycles. The number of hydrogen-bond acceptors (Lipinski definition) is 6. The van der Waals surface area contributed by atoms with Crippen molar-refractivity contribution in [2.75, 3.05) is 19.5 Å². The first-order chi connectivity index (χ1) is 16.2. The predicted octanol–water partition coefficient (Wildman–Crippen LogP) is 2.76. The fourth-order valence-electron chi connectivity index (χ4n) is 2.98. The first-order valence-electron chi connectivity index (χ1n) is 9.95. The van der Waals surface area contributed by atoms with Crippen molar-refractivity contribution in [3.8, 4) is 11.5 Å². The first-order valence-corrected chi connectivity index (χ1v) is 11.5.